The summed E-state index contributed by atoms with van der Waals surface area (Å²) in [6.07, 6.45) is 6.28. The fourth-order valence-electron chi connectivity index (χ4n) is 2.78. The number of hydrogen-bond donors (Lipinski definition) is 1. The van der Waals surface area contributed by atoms with E-state index < -0.39 is 0 Å². The number of ether oxygens (including phenoxy) is 1. The van der Waals surface area contributed by atoms with E-state index in [1.807, 2.05) is 18.2 Å². The Bertz CT molecular complexity index is 870. The number of furan rings is 1. The van der Waals surface area contributed by atoms with E-state index in [-0.39, 0.29) is 11.9 Å². The smallest absolute Gasteiger partial charge is 0.257 e. The van der Waals surface area contributed by atoms with Gasteiger partial charge in [0, 0.05) is 18.9 Å². The summed E-state index contributed by atoms with van der Waals surface area (Å²) < 4.78 is 10.6. The van der Waals surface area contributed by atoms with Crippen LogP contribution in [0.5, 0.6) is 0 Å². The summed E-state index contributed by atoms with van der Waals surface area (Å²) in [5.41, 5.74) is 0.500. The van der Waals surface area contributed by atoms with Gasteiger partial charge in [-0.05, 0) is 24.3 Å². The number of nitrogens with zero attached hydrogens (tertiary/aromatic N) is 4. The van der Waals surface area contributed by atoms with Crippen LogP contribution in [0.25, 0.3) is 0 Å². The monoisotopic (exact) mass is 351 g/mol. The molecule has 0 aliphatic carbocycles. The van der Waals surface area contributed by atoms with Crippen molar-refractivity contribution in [1.29, 1.82) is 0 Å². The molecule has 0 bridgehead atoms. The van der Waals surface area contributed by atoms with Gasteiger partial charge in [0.25, 0.3) is 5.91 Å². The first-order chi connectivity index (χ1) is 12.8. The zero-order valence-corrected chi connectivity index (χ0v) is 13.9. The molecule has 1 unspecified atom stereocenters. The molecule has 3 aromatic rings. The molecule has 1 atom stereocenters. The molecule has 0 aromatic carbocycles. The van der Waals surface area contributed by atoms with Crippen molar-refractivity contribution in [2.24, 2.45) is 0 Å². The highest BCUT2D eigenvalue weighted by Crippen LogP contribution is 2.25. The summed E-state index contributed by atoms with van der Waals surface area (Å²) in [7, 11) is 0. The molecule has 132 valence electrons. The molecule has 8 heteroatoms. The lowest BCUT2D eigenvalue weighted by Gasteiger charge is -2.34. The van der Waals surface area contributed by atoms with E-state index in [1.54, 1.807) is 29.4 Å². The molecule has 0 saturated carbocycles. The largest absolute Gasteiger partial charge is 0.472 e. The van der Waals surface area contributed by atoms with Gasteiger partial charge in [-0.25, -0.2) is 15.0 Å². The average Bonchev–Trinajstić information content (AvgIpc) is 3.23. The summed E-state index contributed by atoms with van der Waals surface area (Å²) in [5, 5.41) is 3.13. The molecule has 3 aromatic heterocycles. The number of aromatic nitrogens is 3. The van der Waals surface area contributed by atoms with E-state index in [1.165, 1.54) is 12.5 Å². The van der Waals surface area contributed by atoms with Crippen LogP contribution in [0, 0.1) is 0 Å². The van der Waals surface area contributed by atoms with E-state index in [4.69, 9.17) is 9.15 Å². The van der Waals surface area contributed by atoms with Crippen LogP contribution in [0.2, 0.25) is 0 Å². The van der Waals surface area contributed by atoms with E-state index in [0.717, 1.165) is 0 Å². The van der Waals surface area contributed by atoms with Crippen LogP contribution in [0.15, 0.2) is 59.7 Å². The van der Waals surface area contributed by atoms with Crippen LogP contribution < -0.4 is 5.32 Å². The molecule has 1 N–H and O–H groups in total. The fourth-order valence-corrected chi connectivity index (χ4v) is 2.78. The molecule has 8 nitrogen and oxygen atoms in total. The Morgan fingerprint density at radius 1 is 1.15 bits per heavy atom. The van der Waals surface area contributed by atoms with Crippen molar-refractivity contribution in [3.63, 3.8) is 0 Å². The molecule has 4 heterocycles. The van der Waals surface area contributed by atoms with Gasteiger partial charge in [0.15, 0.2) is 5.82 Å². The lowest BCUT2D eigenvalue weighted by atomic mass is 10.1. The first kappa shape index (κ1) is 16.2. The van der Waals surface area contributed by atoms with Crippen LogP contribution in [0.4, 0.5) is 11.6 Å². The van der Waals surface area contributed by atoms with Gasteiger partial charge in [0.2, 0.25) is 0 Å². The van der Waals surface area contributed by atoms with Crippen LogP contribution >= 0.6 is 0 Å². The predicted molar refractivity (Wildman–Crippen MR) is 92.9 cm³/mol. The summed E-state index contributed by atoms with van der Waals surface area (Å²) >= 11 is 0. The number of morpholine rings is 1. The van der Waals surface area contributed by atoms with Crippen LogP contribution in [-0.4, -0.2) is 45.5 Å². The molecular weight excluding hydrogens is 334 g/mol. The lowest BCUT2D eigenvalue weighted by molar-refractivity contribution is -0.00522. The number of carbonyl (C=O) groups excluding carboxylic acids is 1. The Hall–Kier alpha value is -3.26. The number of amides is 1. The fraction of sp³-hybridized carbons (Fsp3) is 0.222. The Kier molecular flexibility index (Phi) is 4.57. The maximum absolute atomic E-state index is 12.7. The number of nitrogens with one attached hydrogen (secondary N) is 1. The third kappa shape index (κ3) is 3.40. The summed E-state index contributed by atoms with van der Waals surface area (Å²) in [5.74, 6) is 1.68. The van der Waals surface area contributed by atoms with Gasteiger partial charge in [-0.2, -0.15) is 0 Å². The molecule has 0 spiro atoms. The van der Waals surface area contributed by atoms with Crippen molar-refractivity contribution in [3.05, 3.63) is 66.6 Å². The Morgan fingerprint density at radius 2 is 2.12 bits per heavy atom. The molecule has 1 aliphatic heterocycles. The molecule has 1 saturated heterocycles. The van der Waals surface area contributed by atoms with Crippen molar-refractivity contribution in [2.75, 3.05) is 25.1 Å². The topological polar surface area (TPSA) is 93.4 Å². The maximum atomic E-state index is 12.7. The zero-order chi connectivity index (χ0) is 17.8. The second-order valence-electron chi connectivity index (χ2n) is 5.74. The Balaban J connectivity index is 1.58. The minimum absolute atomic E-state index is 0.126. The van der Waals surface area contributed by atoms with Crippen molar-refractivity contribution < 1.29 is 13.9 Å². The zero-order valence-electron chi connectivity index (χ0n) is 13.9. The van der Waals surface area contributed by atoms with Gasteiger partial charge in [-0.3, -0.25) is 4.79 Å². The molecule has 4 rings (SSSR count). The second-order valence-corrected chi connectivity index (χ2v) is 5.74. The van der Waals surface area contributed by atoms with E-state index in [0.29, 0.717) is 42.8 Å². The Morgan fingerprint density at radius 3 is 2.92 bits per heavy atom. The highest BCUT2D eigenvalue weighted by molar-refractivity contribution is 5.94. The summed E-state index contributed by atoms with van der Waals surface area (Å²) in [6, 6.07) is 8.61. The Labute approximate surface area is 149 Å². The van der Waals surface area contributed by atoms with Crippen molar-refractivity contribution >= 4 is 17.5 Å². The van der Waals surface area contributed by atoms with Crippen LogP contribution in [-0.2, 0) is 4.74 Å². The summed E-state index contributed by atoms with van der Waals surface area (Å²) in [4.78, 5) is 27.6. The van der Waals surface area contributed by atoms with Gasteiger partial charge in [0.05, 0.1) is 25.0 Å². The van der Waals surface area contributed by atoms with Gasteiger partial charge < -0.3 is 19.4 Å². The van der Waals surface area contributed by atoms with E-state index >= 15 is 0 Å². The highest BCUT2D eigenvalue weighted by Gasteiger charge is 2.31. The van der Waals surface area contributed by atoms with Crippen molar-refractivity contribution in [2.45, 2.75) is 6.04 Å². The predicted octanol–water partition coefficient (Wildman–Crippen LogP) is 2.42. The first-order valence-corrected chi connectivity index (χ1v) is 8.23. The number of pyridine rings is 1. The van der Waals surface area contributed by atoms with Gasteiger partial charge in [-0.15, -0.1) is 0 Å². The second kappa shape index (κ2) is 7.32. The molecule has 1 amide bonds. The minimum Gasteiger partial charge on any atom is -0.472 e. The third-order valence-corrected chi connectivity index (χ3v) is 4.05. The first-order valence-electron chi connectivity index (χ1n) is 8.23. The normalized spacial score (nSPS) is 17.1. The van der Waals surface area contributed by atoms with E-state index in [9.17, 15) is 4.79 Å². The molecular formula is C18H17N5O3. The van der Waals surface area contributed by atoms with Crippen molar-refractivity contribution in [1.82, 2.24) is 19.9 Å². The molecule has 1 aliphatic rings. The molecule has 26 heavy (non-hydrogen) atoms. The van der Waals surface area contributed by atoms with Crippen molar-refractivity contribution in [3.8, 4) is 0 Å². The number of anilines is 2. The highest BCUT2D eigenvalue weighted by atomic mass is 16.5. The number of rotatable bonds is 4. The minimum atomic E-state index is -0.364. The number of carbonyl (C=O) groups is 1. The molecule has 0 radical (unpaired) electrons. The van der Waals surface area contributed by atoms with E-state index in [2.05, 4.69) is 20.3 Å². The average molecular weight is 351 g/mol. The van der Waals surface area contributed by atoms with Crippen LogP contribution in [0.3, 0.4) is 0 Å². The SMILES string of the molecule is O=C(c1ccoc1)N1CCOCC1c1nccc(Nc2ccccn2)n1. The lowest BCUT2D eigenvalue weighted by Crippen LogP contribution is -2.44. The van der Waals surface area contributed by atoms with Gasteiger partial charge in [0.1, 0.15) is 23.9 Å². The molecule has 1 fully saturated rings. The van der Waals surface area contributed by atoms with Gasteiger partial charge >= 0.3 is 0 Å². The van der Waals surface area contributed by atoms with Gasteiger partial charge in [-0.1, -0.05) is 6.07 Å². The standard InChI is InChI=1S/C18H17N5O3/c24-18(13-5-9-25-11-13)23-8-10-26-12-14(23)17-20-7-4-16(22-17)21-15-3-1-2-6-19-15/h1-7,9,11,14H,8,10,12H2,(H,19,20,21,22). The summed E-state index contributed by atoms with van der Waals surface area (Å²) in [6.45, 7) is 1.29. The maximum Gasteiger partial charge on any atom is 0.257 e. The quantitative estimate of drug-likeness (QED) is 0.771. The van der Waals surface area contributed by atoms with Crippen LogP contribution in [0.1, 0.15) is 22.2 Å². The third-order valence-electron chi connectivity index (χ3n) is 4.05. The number of hydrogen-bond acceptors (Lipinski definition) is 7.